The fourth-order valence-corrected chi connectivity index (χ4v) is 2.95. The third kappa shape index (κ3) is 3.45. The van der Waals surface area contributed by atoms with Gasteiger partial charge in [0, 0.05) is 25.4 Å². The molecule has 0 bridgehead atoms. The van der Waals surface area contributed by atoms with Crippen LogP contribution in [0.25, 0.3) is 0 Å². The SMILES string of the molecule is CC1CCC(CCC(=O)N2CCC(C(C)O)C2)O1. The highest BCUT2D eigenvalue weighted by molar-refractivity contribution is 5.76. The minimum atomic E-state index is -0.304. The molecule has 0 spiro atoms. The fourth-order valence-electron chi connectivity index (χ4n) is 2.95. The lowest BCUT2D eigenvalue weighted by atomic mass is 10.0. The van der Waals surface area contributed by atoms with E-state index in [1.54, 1.807) is 0 Å². The minimum absolute atomic E-state index is 0.223. The summed E-state index contributed by atoms with van der Waals surface area (Å²) in [5, 5.41) is 9.53. The predicted molar refractivity (Wildman–Crippen MR) is 69.2 cm³/mol. The number of aliphatic hydroxyl groups is 1. The molecule has 2 rings (SSSR count). The zero-order chi connectivity index (χ0) is 13.1. The standard InChI is InChI=1S/C14H25NO3/c1-10-3-4-13(18-10)5-6-14(17)15-8-7-12(9-15)11(2)16/h10-13,16H,3-9H2,1-2H3. The van der Waals surface area contributed by atoms with Crippen molar-refractivity contribution in [2.24, 2.45) is 5.92 Å². The summed E-state index contributed by atoms with van der Waals surface area (Å²) in [4.78, 5) is 13.9. The number of hydrogen-bond donors (Lipinski definition) is 1. The smallest absolute Gasteiger partial charge is 0.222 e. The Kier molecular flexibility index (Phi) is 4.62. The zero-order valence-corrected chi connectivity index (χ0v) is 11.5. The van der Waals surface area contributed by atoms with Gasteiger partial charge in [-0.3, -0.25) is 4.79 Å². The van der Waals surface area contributed by atoms with E-state index in [-0.39, 0.29) is 24.0 Å². The van der Waals surface area contributed by atoms with Gasteiger partial charge in [0.05, 0.1) is 18.3 Å². The van der Waals surface area contributed by atoms with Gasteiger partial charge in [-0.15, -0.1) is 0 Å². The number of rotatable bonds is 4. The Hall–Kier alpha value is -0.610. The zero-order valence-electron chi connectivity index (χ0n) is 11.5. The summed E-state index contributed by atoms with van der Waals surface area (Å²) in [7, 11) is 0. The molecule has 104 valence electrons. The van der Waals surface area contributed by atoms with Crippen molar-refractivity contribution in [1.82, 2.24) is 4.90 Å². The van der Waals surface area contributed by atoms with E-state index in [1.807, 2.05) is 11.8 Å². The van der Waals surface area contributed by atoms with Crippen molar-refractivity contribution in [3.05, 3.63) is 0 Å². The molecule has 0 aromatic heterocycles. The number of amides is 1. The fraction of sp³-hybridized carbons (Fsp3) is 0.929. The van der Waals surface area contributed by atoms with Gasteiger partial charge in [0.25, 0.3) is 0 Å². The van der Waals surface area contributed by atoms with Gasteiger partial charge in [0.15, 0.2) is 0 Å². The molecule has 4 unspecified atom stereocenters. The second-order valence-electron chi connectivity index (χ2n) is 5.81. The number of nitrogens with zero attached hydrogens (tertiary/aromatic N) is 1. The van der Waals surface area contributed by atoms with E-state index in [1.165, 1.54) is 0 Å². The number of carbonyl (C=O) groups is 1. The second kappa shape index (κ2) is 6.02. The van der Waals surface area contributed by atoms with E-state index in [0.717, 1.165) is 38.8 Å². The summed E-state index contributed by atoms with van der Waals surface area (Å²) in [5.41, 5.74) is 0. The molecule has 2 saturated heterocycles. The Morgan fingerprint density at radius 2 is 2.22 bits per heavy atom. The molecule has 2 aliphatic heterocycles. The molecule has 0 aliphatic carbocycles. The highest BCUT2D eigenvalue weighted by Gasteiger charge is 2.29. The van der Waals surface area contributed by atoms with Gasteiger partial charge in [-0.1, -0.05) is 0 Å². The first-order chi connectivity index (χ1) is 8.56. The van der Waals surface area contributed by atoms with Crippen molar-refractivity contribution < 1.29 is 14.6 Å². The van der Waals surface area contributed by atoms with Gasteiger partial charge in [0.2, 0.25) is 5.91 Å². The molecule has 2 aliphatic rings. The van der Waals surface area contributed by atoms with Gasteiger partial charge in [-0.2, -0.15) is 0 Å². The van der Waals surface area contributed by atoms with Crippen molar-refractivity contribution in [3.8, 4) is 0 Å². The van der Waals surface area contributed by atoms with Crippen LogP contribution in [0.5, 0.6) is 0 Å². The first-order valence-corrected chi connectivity index (χ1v) is 7.17. The molecule has 4 atom stereocenters. The van der Waals surface area contributed by atoms with Crippen molar-refractivity contribution >= 4 is 5.91 Å². The Balaban J connectivity index is 1.69. The third-order valence-electron chi connectivity index (χ3n) is 4.26. The normalized spacial score (nSPS) is 33.9. The second-order valence-corrected chi connectivity index (χ2v) is 5.81. The number of hydrogen-bond acceptors (Lipinski definition) is 3. The van der Waals surface area contributed by atoms with Crippen molar-refractivity contribution in [3.63, 3.8) is 0 Å². The Morgan fingerprint density at radius 3 is 2.78 bits per heavy atom. The molecule has 0 aromatic carbocycles. The van der Waals surface area contributed by atoms with Gasteiger partial charge >= 0.3 is 0 Å². The maximum atomic E-state index is 12.0. The molecular weight excluding hydrogens is 230 g/mol. The molecule has 4 heteroatoms. The molecule has 2 heterocycles. The van der Waals surface area contributed by atoms with Crippen LogP contribution in [0.15, 0.2) is 0 Å². The van der Waals surface area contributed by atoms with Gasteiger partial charge in [-0.25, -0.2) is 0 Å². The Morgan fingerprint density at radius 1 is 1.44 bits per heavy atom. The van der Waals surface area contributed by atoms with Crippen LogP contribution in [0, 0.1) is 5.92 Å². The van der Waals surface area contributed by atoms with Crippen LogP contribution >= 0.6 is 0 Å². The lowest BCUT2D eigenvalue weighted by Crippen LogP contribution is -2.30. The predicted octanol–water partition coefficient (Wildman–Crippen LogP) is 1.56. The van der Waals surface area contributed by atoms with Gasteiger partial charge in [0.1, 0.15) is 0 Å². The van der Waals surface area contributed by atoms with E-state index >= 15 is 0 Å². The molecular formula is C14H25NO3. The first kappa shape index (κ1) is 13.8. The maximum Gasteiger partial charge on any atom is 0.222 e. The average Bonchev–Trinajstić information content (AvgIpc) is 2.94. The third-order valence-corrected chi connectivity index (χ3v) is 4.26. The van der Waals surface area contributed by atoms with Crippen LogP contribution in [0.2, 0.25) is 0 Å². The van der Waals surface area contributed by atoms with E-state index < -0.39 is 0 Å². The number of ether oxygens (including phenoxy) is 1. The van der Waals surface area contributed by atoms with Crippen LogP contribution in [0.3, 0.4) is 0 Å². The number of aliphatic hydroxyl groups excluding tert-OH is 1. The van der Waals surface area contributed by atoms with Crippen LogP contribution in [0.1, 0.15) is 46.0 Å². The van der Waals surface area contributed by atoms with E-state index in [2.05, 4.69) is 6.92 Å². The van der Waals surface area contributed by atoms with Crippen molar-refractivity contribution in [2.45, 2.75) is 64.3 Å². The van der Waals surface area contributed by atoms with E-state index in [9.17, 15) is 9.90 Å². The molecule has 1 N–H and O–H groups in total. The van der Waals surface area contributed by atoms with Gasteiger partial charge < -0.3 is 14.7 Å². The van der Waals surface area contributed by atoms with E-state index in [4.69, 9.17) is 4.74 Å². The largest absolute Gasteiger partial charge is 0.393 e. The number of carbonyl (C=O) groups excluding carboxylic acids is 1. The Bertz CT molecular complexity index is 293. The highest BCUT2D eigenvalue weighted by atomic mass is 16.5. The number of likely N-dealkylation sites (tertiary alicyclic amines) is 1. The Labute approximate surface area is 109 Å². The highest BCUT2D eigenvalue weighted by Crippen LogP contribution is 2.24. The summed E-state index contributed by atoms with van der Waals surface area (Å²) < 4.78 is 5.72. The molecule has 0 aromatic rings. The molecule has 2 fully saturated rings. The summed E-state index contributed by atoms with van der Waals surface area (Å²) in [6.07, 6.45) is 4.90. The van der Waals surface area contributed by atoms with Crippen LogP contribution in [-0.4, -0.2) is 47.3 Å². The topological polar surface area (TPSA) is 49.8 Å². The molecule has 4 nitrogen and oxygen atoms in total. The van der Waals surface area contributed by atoms with Crippen molar-refractivity contribution in [1.29, 1.82) is 0 Å². The summed E-state index contributed by atoms with van der Waals surface area (Å²) in [5.74, 6) is 0.484. The van der Waals surface area contributed by atoms with Crippen LogP contribution in [-0.2, 0) is 9.53 Å². The summed E-state index contributed by atoms with van der Waals surface area (Å²) in [6, 6.07) is 0. The quantitative estimate of drug-likeness (QED) is 0.829. The first-order valence-electron chi connectivity index (χ1n) is 7.17. The molecule has 18 heavy (non-hydrogen) atoms. The van der Waals surface area contributed by atoms with Gasteiger partial charge in [-0.05, 0) is 39.5 Å². The average molecular weight is 255 g/mol. The van der Waals surface area contributed by atoms with E-state index in [0.29, 0.717) is 12.5 Å². The lowest BCUT2D eigenvalue weighted by molar-refractivity contribution is -0.131. The van der Waals surface area contributed by atoms with Crippen molar-refractivity contribution in [2.75, 3.05) is 13.1 Å². The summed E-state index contributed by atoms with van der Waals surface area (Å²) in [6.45, 7) is 5.43. The molecule has 1 amide bonds. The maximum absolute atomic E-state index is 12.0. The lowest BCUT2D eigenvalue weighted by Gasteiger charge is -2.18. The van der Waals surface area contributed by atoms with Crippen LogP contribution < -0.4 is 0 Å². The summed E-state index contributed by atoms with van der Waals surface area (Å²) >= 11 is 0. The monoisotopic (exact) mass is 255 g/mol. The molecule has 0 saturated carbocycles. The van der Waals surface area contributed by atoms with Crippen LogP contribution in [0.4, 0.5) is 0 Å². The minimum Gasteiger partial charge on any atom is -0.393 e. The molecule has 0 radical (unpaired) electrons.